The van der Waals surface area contributed by atoms with Crippen molar-refractivity contribution in [3.8, 4) is 17.3 Å². The summed E-state index contributed by atoms with van der Waals surface area (Å²) in [5.41, 5.74) is 1.84. The van der Waals surface area contributed by atoms with Gasteiger partial charge in [0.05, 0.1) is 17.3 Å². The van der Waals surface area contributed by atoms with Crippen molar-refractivity contribution in [3.05, 3.63) is 28.5 Å². The van der Waals surface area contributed by atoms with E-state index in [1.807, 2.05) is 13.0 Å². The van der Waals surface area contributed by atoms with Gasteiger partial charge in [-0.25, -0.2) is 15.0 Å². The highest BCUT2D eigenvalue weighted by atomic mass is 79.9. The first-order valence-corrected chi connectivity index (χ1v) is 7.29. The number of hydrogen-bond donors (Lipinski definition) is 1. The number of anilines is 1. The quantitative estimate of drug-likeness (QED) is 0.907. The van der Waals surface area contributed by atoms with Crippen LogP contribution in [0, 0.1) is 0 Å². The second-order valence-corrected chi connectivity index (χ2v) is 4.92. The predicted molar refractivity (Wildman–Crippen MR) is 83.1 cm³/mol. The first-order chi connectivity index (χ1) is 9.69. The molecule has 0 aromatic carbocycles. The Morgan fingerprint density at radius 3 is 2.60 bits per heavy atom. The van der Waals surface area contributed by atoms with Crippen molar-refractivity contribution < 1.29 is 4.74 Å². The minimum Gasteiger partial charge on any atom is -0.481 e. The predicted octanol–water partition coefficient (Wildman–Crippen LogP) is 3.30. The molecule has 0 bridgehead atoms. The fourth-order valence-electron chi connectivity index (χ4n) is 1.77. The molecule has 2 rings (SSSR count). The molecule has 0 aliphatic carbocycles. The van der Waals surface area contributed by atoms with Crippen LogP contribution in [0.5, 0.6) is 5.88 Å². The van der Waals surface area contributed by atoms with Crippen LogP contribution in [-0.4, -0.2) is 28.6 Å². The van der Waals surface area contributed by atoms with Crippen LogP contribution in [0.4, 0.5) is 5.82 Å². The largest absolute Gasteiger partial charge is 0.481 e. The summed E-state index contributed by atoms with van der Waals surface area (Å²) in [6.07, 6.45) is 2.55. The first-order valence-electron chi connectivity index (χ1n) is 6.50. The highest BCUT2D eigenvalue weighted by molar-refractivity contribution is 9.10. The lowest BCUT2D eigenvalue weighted by atomic mass is 10.2. The van der Waals surface area contributed by atoms with E-state index in [1.54, 1.807) is 19.4 Å². The number of pyridine rings is 1. The molecule has 0 saturated heterocycles. The monoisotopic (exact) mass is 336 g/mol. The molecule has 106 valence electrons. The molecule has 20 heavy (non-hydrogen) atoms. The summed E-state index contributed by atoms with van der Waals surface area (Å²) >= 11 is 3.55. The van der Waals surface area contributed by atoms with Gasteiger partial charge in [-0.15, -0.1) is 0 Å². The molecular formula is C14H17BrN4O. The SMILES string of the molecule is CCNc1nc(-c2ccc(OC)nc2)nc(CC)c1Br. The maximum atomic E-state index is 5.06. The molecule has 0 aliphatic rings. The fourth-order valence-corrected chi connectivity index (χ4v) is 2.37. The van der Waals surface area contributed by atoms with Gasteiger partial charge in [-0.1, -0.05) is 6.92 Å². The Kier molecular flexibility index (Phi) is 4.89. The van der Waals surface area contributed by atoms with E-state index in [-0.39, 0.29) is 0 Å². The number of ether oxygens (including phenoxy) is 1. The number of methoxy groups -OCH3 is 1. The third kappa shape index (κ3) is 3.07. The van der Waals surface area contributed by atoms with Crippen LogP contribution in [0.2, 0.25) is 0 Å². The molecule has 2 heterocycles. The Morgan fingerprint density at radius 1 is 1.25 bits per heavy atom. The zero-order valence-corrected chi connectivity index (χ0v) is 13.4. The molecule has 2 aromatic rings. The normalized spacial score (nSPS) is 10.4. The van der Waals surface area contributed by atoms with E-state index < -0.39 is 0 Å². The Hall–Kier alpha value is -1.69. The van der Waals surface area contributed by atoms with Crippen LogP contribution in [0.3, 0.4) is 0 Å². The second-order valence-electron chi connectivity index (χ2n) is 4.13. The molecule has 2 aromatic heterocycles. The van der Waals surface area contributed by atoms with E-state index in [2.05, 4.69) is 43.1 Å². The molecule has 0 amide bonds. The topological polar surface area (TPSA) is 59.9 Å². The number of aromatic nitrogens is 3. The Bertz CT molecular complexity index is 586. The van der Waals surface area contributed by atoms with Crippen molar-refractivity contribution in [2.75, 3.05) is 19.0 Å². The van der Waals surface area contributed by atoms with Crippen molar-refractivity contribution in [1.29, 1.82) is 0 Å². The van der Waals surface area contributed by atoms with E-state index >= 15 is 0 Å². The average molecular weight is 337 g/mol. The number of rotatable bonds is 5. The van der Waals surface area contributed by atoms with Crippen molar-refractivity contribution in [2.45, 2.75) is 20.3 Å². The summed E-state index contributed by atoms with van der Waals surface area (Å²) in [7, 11) is 1.59. The van der Waals surface area contributed by atoms with Gasteiger partial charge in [0, 0.05) is 24.4 Å². The zero-order chi connectivity index (χ0) is 14.5. The van der Waals surface area contributed by atoms with Gasteiger partial charge in [0.15, 0.2) is 5.82 Å². The van der Waals surface area contributed by atoms with E-state index in [4.69, 9.17) is 4.74 Å². The number of nitrogens with zero attached hydrogens (tertiary/aromatic N) is 3. The molecule has 0 atom stereocenters. The van der Waals surface area contributed by atoms with E-state index in [0.29, 0.717) is 11.7 Å². The summed E-state index contributed by atoms with van der Waals surface area (Å²) in [4.78, 5) is 13.3. The Labute approximate surface area is 127 Å². The lowest BCUT2D eigenvalue weighted by Crippen LogP contribution is -2.06. The zero-order valence-electron chi connectivity index (χ0n) is 11.8. The molecule has 0 radical (unpaired) electrons. The lowest BCUT2D eigenvalue weighted by Gasteiger charge is -2.11. The van der Waals surface area contributed by atoms with Crippen LogP contribution >= 0.6 is 15.9 Å². The van der Waals surface area contributed by atoms with Gasteiger partial charge >= 0.3 is 0 Å². The van der Waals surface area contributed by atoms with E-state index in [1.165, 1.54) is 0 Å². The molecule has 0 saturated carbocycles. The van der Waals surface area contributed by atoms with Gasteiger partial charge < -0.3 is 10.1 Å². The second kappa shape index (κ2) is 6.65. The van der Waals surface area contributed by atoms with Crippen molar-refractivity contribution >= 4 is 21.7 Å². The van der Waals surface area contributed by atoms with Crippen molar-refractivity contribution in [1.82, 2.24) is 15.0 Å². The van der Waals surface area contributed by atoms with Gasteiger partial charge in [0.1, 0.15) is 5.82 Å². The highest BCUT2D eigenvalue weighted by Gasteiger charge is 2.12. The maximum Gasteiger partial charge on any atom is 0.212 e. The molecule has 6 heteroatoms. The molecule has 0 unspecified atom stereocenters. The molecule has 0 fully saturated rings. The number of halogens is 1. The third-order valence-corrected chi connectivity index (χ3v) is 3.64. The smallest absolute Gasteiger partial charge is 0.212 e. The highest BCUT2D eigenvalue weighted by Crippen LogP contribution is 2.27. The Morgan fingerprint density at radius 2 is 2.05 bits per heavy atom. The molecular weight excluding hydrogens is 320 g/mol. The van der Waals surface area contributed by atoms with Gasteiger partial charge in [0.2, 0.25) is 5.88 Å². The third-order valence-electron chi connectivity index (χ3n) is 2.80. The summed E-state index contributed by atoms with van der Waals surface area (Å²) in [6, 6.07) is 3.71. The average Bonchev–Trinajstić information content (AvgIpc) is 2.49. The summed E-state index contributed by atoms with van der Waals surface area (Å²) in [5, 5.41) is 3.24. The van der Waals surface area contributed by atoms with E-state index in [9.17, 15) is 0 Å². The van der Waals surface area contributed by atoms with Crippen LogP contribution in [0.15, 0.2) is 22.8 Å². The summed E-state index contributed by atoms with van der Waals surface area (Å²) in [6.45, 7) is 4.91. The number of hydrogen-bond acceptors (Lipinski definition) is 5. The van der Waals surface area contributed by atoms with Crippen LogP contribution in [-0.2, 0) is 6.42 Å². The minimum absolute atomic E-state index is 0.577. The van der Waals surface area contributed by atoms with Gasteiger partial charge in [-0.3, -0.25) is 0 Å². The van der Waals surface area contributed by atoms with Crippen molar-refractivity contribution in [2.24, 2.45) is 0 Å². The lowest BCUT2D eigenvalue weighted by molar-refractivity contribution is 0.398. The molecule has 0 spiro atoms. The number of nitrogens with one attached hydrogen (secondary N) is 1. The van der Waals surface area contributed by atoms with Gasteiger partial charge in [0.25, 0.3) is 0 Å². The molecule has 0 aliphatic heterocycles. The first kappa shape index (κ1) is 14.7. The minimum atomic E-state index is 0.577. The van der Waals surface area contributed by atoms with Gasteiger partial charge in [-0.2, -0.15) is 0 Å². The summed E-state index contributed by atoms with van der Waals surface area (Å²) < 4.78 is 5.98. The van der Waals surface area contributed by atoms with Crippen molar-refractivity contribution in [3.63, 3.8) is 0 Å². The van der Waals surface area contributed by atoms with E-state index in [0.717, 1.165) is 34.5 Å². The van der Waals surface area contributed by atoms with Crippen LogP contribution in [0.1, 0.15) is 19.5 Å². The Balaban J connectivity index is 2.46. The summed E-state index contributed by atoms with van der Waals surface area (Å²) in [5.74, 6) is 2.05. The van der Waals surface area contributed by atoms with Gasteiger partial charge in [-0.05, 0) is 35.3 Å². The maximum absolute atomic E-state index is 5.06. The molecule has 5 nitrogen and oxygen atoms in total. The number of aryl methyl sites for hydroxylation is 1. The van der Waals surface area contributed by atoms with Crippen LogP contribution < -0.4 is 10.1 Å². The van der Waals surface area contributed by atoms with Crippen LogP contribution in [0.25, 0.3) is 11.4 Å². The standard InChI is InChI=1S/C14H17BrN4O/c1-4-10-12(15)14(16-5-2)19-13(18-10)9-6-7-11(20-3)17-8-9/h6-8H,4-5H2,1-3H3,(H,16,18,19). The molecule has 1 N–H and O–H groups in total. The fraction of sp³-hybridized carbons (Fsp3) is 0.357.